The lowest BCUT2D eigenvalue weighted by Crippen LogP contribution is -2.41. The zero-order valence-corrected chi connectivity index (χ0v) is 18.5. The van der Waals surface area contributed by atoms with Crippen molar-refractivity contribution in [2.75, 3.05) is 37.4 Å². The van der Waals surface area contributed by atoms with Gasteiger partial charge in [-0.1, -0.05) is 16.8 Å². The van der Waals surface area contributed by atoms with Crippen LogP contribution in [0, 0.1) is 19.8 Å². The zero-order chi connectivity index (χ0) is 21.3. The summed E-state index contributed by atoms with van der Waals surface area (Å²) in [4.78, 5) is 14.8. The van der Waals surface area contributed by atoms with Crippen LogP contribution in [0.1, 0.15) is 24.3 Å². The predicted molar refractivity (Wildman–Crippen MR) is 112 cm³/mol. The molecule has 1 aromatic carbocycles. The van der Waals surface area contributed by atoms with Crippen LogP contribution in [0.2, 0.25) is 5.02 Å². The van der Waals surface area contributed by atoms with E-state index in [0.29, 0.717) is 29.2 Å². The van der Waals surface area contributed by atoms with Crippen molar-refractivity contribution in [3.05, 3.63) is 34.7 Å². The van der Waals surface area contributed by atoms with E-state index >= 15 is 0 Å². The van der Waals surface area contributed by atoms with Crippen LogP contribution in [0.3, 0.4) is 0 Å². The number of benzene rings is 1. The first-order valence-electron chi connectivity index (χ1n) is 9.32. The van der Waals surface area contributed by atoms with Crippen LogP contribution in [0.15, 0.2) is 27.6 Å². The number of nitrogens with zero attached hydrogens (tertiary/aromatic N) is 3. The minimum atomic E-state index is -3.69. The van der Waals surface area contributed by atoms with Gasteiger partial charge < -0.3 is 14.7 Å². The summed E-state index contributed by atoms with van der Waals surface area (Å²) in [5, 5.41) is 7.21. The predicted octanol–water partition coefficient (Wildman–Crippen LogP) is 3.05. The van der Waals surface area contributed by atoms with Gasteiger partial charge in [-0.15, -0.1) is 0 Å². The van der Waals surface area contributed by atoms with Crippen molar-refractivity contribution in [2.45, 2.75) is 31.6 Å². The van der Waals surface area contributed by atoms with Gasteiger partial charge >= 0.3 is 0 Å². The molecule has 1 amide bonds. The van der Waals surface area contributed by atoms with Gasteiger partial charge in [0.05, 0.1) is 11.4 Å². The van der Waals surface area contributed by atoms with E-state index in [1.165, 1.54) is 4.31 Å². The maximum atomic E-state index is 12.9. The SMILES string of the molecule is Cc1noc(C)c1S(=O)(=O)N1CCC(C(=O)Nc2cc(Cl)ccc2N(C)C)CC1. The Morgan fingerprint density at radius 3 is 2.48 bits per heavy atom. The summed E-state index contributed by atoms with van der Waals surface area (Å²) in [6.45, 7) is 3.72. The molecule has 10 heteroatoms. The van der Waals surface area contributed by atoms with Crippen molar-refractivity contribution in [2.24, 2.45) is 5.92 Å². The van der Waals surface area contributed by atoms with Crippen molar-refractivity contribution in [3.8, 4) is 0 Å². The Bertz CT molecular complexity index is 992. The smallest absolute Gasteiger partial charge is 0.248 e. The van der Waals surface area contributed by atoms with Crippen molar-refractivity contribution < 1.29 is 17.7 Å². The number of halogens is 1. The van der Waals surface area contributed by atoms with Crippen LogP contribution >= 0.6 is 11.6 Å². The van der Waals surface area contributed by atoms with Gasteiger partial charge in [0.25, 0.3) is 0 Å². The Kier molecular flexibility index (Phi) is 6.21. The average Bonchev–Trinajstić information content (AvgIpc) is 3.00. The van der Waals surface area contributed by atoms with Crippen molar-refractivity contribution in [1.82, 2.24) is 9.46 Å². The highest BCUT2D eigenvalue weighted by Crippen LogP contribution is 2.31. The minimum absolute atomic E-state index is 0.120. The molecule has 0 radical (unpaired) electrons. The Morgan fingerprint density at radius 1 is 1.28 bits per heavy atom. The van der Waals surface area contributed by atoms with Crippen LogP contribution in [0.4, 0.5) is 11.4 Å². The van der Waals surface area contributed by atoms with E-state index in [0.717, 1.165) is 5.69 Å². The van der Waals surface area contributed by atoms with Gasteiger partial charge in [0, 0.05) is 38.1 Å². The molecule has 0 unspecified atom stereocenters. The second-order valence-corrected chi connectivity index (χ2v) is 9.69. The molecule has 1 aromatic heterocycles. The highest BCUT2D eigenvalue weighted by Gasteiger charge is 2.35. The first kappa shape index (κ1) is 21.6. The van der Waals surface area contributed by atoms with Gasteiger partial charge in [0.15, 0.2) is 5.76 Å². The third-order valence-electron chi connectivity index (χ3n) is 5.09. The van der Waals surface area contributed by atoms with Gasteiger partial charge in [-0.2, -0.15) is 4.31 Å². The molecule has 2 aromatic rings. The fourth-order valence-corrected chi connectivity index (χ4v) is 5.50. The first-order valence-corrected chi connectivity index (χ1v) is 11.1. The second-order valence-electron chi connectivity index (χ2n) is 7.38. The van der Waals surface area contributed by atoms with E-state index in [1.807, 2.05) is 25.1 Å². The number of rotatable bonds is 5. The molecule has 1 saturated heterocycles. The van der Waals surface area contributed by atoms with E-state index < -0.39 is 10.0 Å². The molecule has 2 heterocycles. The summed E-state index contributed by atoms with van der Waals surface area (Å²) in [5.41, 5.74) is 1.83. The maximum Gasteiger partial charge on any atom is 0.248 e. The van der Waals surface area contributed by atoms with Gasteiger partial charge in [-0.05, 0) is 44.9 Å². The number of carbonyl (C=O) groups excluding carboxylic acids is 1. The number of carbonyl (C=O) groups is 1. The topological polar surface area (TPSA) is 95.8 Å². The number of piperidine rings is 1. The van der Waals surface area contributed by atoms with Crippen LogP contribution in [-0.4, -0.2) is 51.0 Å². The number of nitrogens with one attached hydrogen (secondary N) is 1. The molecule has 0 spiro atoms. The fraction of sp³-hybridized carbons (Fsp3) is 0.474. The number of aryl methyl sites for hydroxylation is 2. The molecule has 8 nitrogen and oxygen atoms in total. The summed E-state index contributed by atoms with van der Waals surface area (Å²) in [6.07, 6.45) is 0.874. The van der Waals surface area contributed by atoms with Crippen molar-refractivity contribution in [1.29, 1.82) is 0 Å². The number of anilines is 2. The number of aromatic nitrogens is 1. The normalized spacial score (nSPS) is 16.0. The lowest BCUT2D eigenvalue weighted by Gasteiger charge is -2.30. The van der Waals surface area contributed by atoms with Crippen LogP contribution in [-0.2, 0) is 14.8 Å². The molecule has 1 fully saturated rings. The lowest BCUT2D eigenvalue weighted by atomic mass is 9.97. The summed E-state index contributed by atoms with van der Waals surface area (Å²) in [5.74, 6) is -0.135. The van der Waals surface area contributed by atoms with Crippen LogP contribution < -0.4 is 10.2 Å². The molecule has 1 aliphatic rings. The van der Waals surface area contributed by atoms with Gasteiger partial charge in [0.2, 0.25) is 15.9 Å². The van der Waals surface area contributed by atoms with E-state index in [9.17, 15) is 13.2 Å². The van der Waals surface area contributed by atoms with Crippen LogP contribution in [0.25, 0.3) is 0 Å². The van der Waals surface area contributed by atoms with E-state index in [1.54, 1.807) is 26.0 Å². The summed E-state index contributed by atoms with van der Waals surface area (Å²) in [7, 11) is 0.0813. The number of hydrogen-bond acceptors (Lipinski definition) is 6. The highest BCUT2D eigenvalue weighted by molar-refractivity contribution is 7.89. The maximum absolute atomic E-state index is 12.9. The molecule has 158 valence electrons. The van der Waals surface area contributed by atoms with E-state index in [4.69, 9.17) is 16.1 Å². The second kappa shape index (κ2) is 8.33. The third-order valence-corrected chi connectivity index (χ3v) is 7.47. The average molecular weight is 441 g/mol. The van der Waals surface area contributed by atoms with Gasteiger partial charge in [0.1, 0.15) is 10.6 Å². The molecule has 1 N–H and O–H groups in total. The molecule has 29 heavy (non-hydrogen) atoms. The van der Waals surface area contributed by atoms with E-state index in [-0.39, 0.29) is 35.6 Å². The molecular weight excluding hydrogens is 416 g/mol. The quantitative estimate of drug-likeness (QED) is 0.767. The highest BCUT2D eigenvalue weighted by atomic mass is 35.5. The molecule has 0 saturated carbocycles. The molecular formula is C19H25ClN4O4S. The Balaban J connectivity index is 1.68. The van der Waals surface area contributed by atoms with Crippen molar-refractivity contribution in [3.63, 3.8) is 0 Å². The minimum Gasteiger partial charge on any atom is -0.376 e. The molecule has 0 atom stereocenters. The molecule has 1 aliphatic heterocycles. The number of sulfonamides is 1. The van der Waals surface area contributed by atoms with Crippen molar-refractivity contribution >= 4 is 38.9 Å². The van der Waals surface area contributed by atoms with Gasteiger partial charge in [-0.25, -0.2) is 8.42 Å². The summed E-state index contributed by atoms with van der Waals surface area (Å²) < 4.78 is 32.2. The largest absolute Gasteiger partial charge is 0.376 e. The standard InChI is InChI=1S/C19H25ClN4O4S/c1-12-18(13(2)28-22-12)29(26,27)24-9-7-14(8-10-24)19(25)21-16-11-15(20)5-6-17(16)23(3)4/h5-6,11,14H,7-10H2,1-4H3,(H,21,25). The fourth-order valence-electron chi connectivity index (χ4n) is 3.56. The lowest BCUT2D eigenvalue weighted by molar-refractivity contribution is -0.120. The Morgan fingerprint density at radius 2 is 1.93 bits per heavy atom. The van der Waals surface area contributed by atoms with E-state index in [2.05, 4.69) is 10.5 Å². The molecule has 0 aliphatic carbocycles. The zero-order valence-electron chi connectivity index (χ0n) is 16.9. The van der Waals surface area contributed by atoms with Crippen LogP contribution in [0.5, 0.6) is 0 Å². The summed E-state index contributed by atoms with van der Waals surface area (Å²) in [6, 6.07) is 5.33. The first-order chi connectivity index (χ1) is 13.6. The Hall–Kier alpha value is -2.10. The number of hydrogen-bond donors (Lipinski definition) is 1. The summed E-state index contributed by atoms with van der Waals surface area (Å²) >= 11 is 6.08. The third kappa shape index (κ3) is 4.41. The number of amides is 1. The van der Waals surface area contributed by atoms with Gasteiger partial charge in [-0.3, -0.25) is 4.79 Å². The monoisotopic (exact) mass is 440 g/mol. The Labute approximate surface area is 175 Å². The molecule has 3 rings (SSSR count). The molecule has 0 bridgehead atoms.